The normalized spacial score (nSPS) is 15.8. The minimum Gasteiger partial charge on any atom is -0.433 e. The van der Waals surface area contributed by atoms with Gasteiger partial charge in [0.15, 0.2) is 5.11 Å². The van der Waals surface area contributed by atoms with Crippen LogP contribution in [0.3, 0.4) is 0 Å². The molecule has 0 radical (unpaired) electrons. The third-order valence-electron chi connectivity index (χ3n) is 4.74. The number of alkyl halides is 2. The second kappa shape index (κ2) is 9.08. The van der Waals surface area contributed by atoms with Crippen LogP contribution >= 0.6 is 12.2 Å². The van der Waals surface area contributed by atoms with E-state index in [0.717, 1.165) is 18.2 Å². The van der Waals surface area contributed by atoms with Crippen molar-refractivity contribution in [2.45, 2.75) is 51.7 Å². The van der Waals surface area contributed by atoms with E-state index in [1.165, 1.54) is 19.3 Å². The van der Waals surface area contributed by atoms with Gasteiger partial charge in [-0.25, -0.2) is 0 Å². The molecule has 2 aromatic carbocycles. The monoisotopic (exact) mass is 391 g/mol. The van der Waals surface area contributed by atoms with E-state index in [0.29, 0.717) is 27.8 Å². The molecule has 0 saturated heterocycles. The van der Waals surface area contributed by atoms with E-state index in [1.807, 2.05) is 18.2 Å². The first-order valence-corrected chi connectivity index (χ1v) is 9.53. The first kappa shape index (κ1) is 19.5. The molecule has 0 aliphatic heterocycles. The van der Waals surface area contributed by atoms with Gasteiger partial charge in [-0.05, 0) is 43.4 Å². The van der Waals surface area contributed by atoms with Crippen molar-refractivity contribution in [2.75, 3.05) is 0 Å². The maximum atomic E-state index is 13.0. The van der Waals surface area contributed by atoms with Crippen LogP contribution in [0.1, 0.15) is 44.6 Å². The lowest BCUT2D eigenvalue weighted by Gasteiger charge is -2.23. The first-order chi connectivity index (χ1) is 13.0. The SMILES string of the molecule is CC(=NNC(=S)NC1CCCCC1)c1ccc2ccccc2c1OC(F)F. The van der Waals surface area contributed by atoms with Crippen molar-refractivity contribution in [3.05, 3.63) is 42.0 Å². The number of nitrogens with zero attached hydrogens (tertiary/aromatic N) is 1. The van der Waals surface area contributed by atoms with E-state index in [4.69, 9.17) is 17.0 Å². The summed E-state index contributed by atoms with van der Waals surface area (Å²) >= 11 is 5.30. The maximum absolute atomic E-state index is 13.0. The Bertz CT molecular complexity index is 835. The van der Waals surface area contributed by atoms with E-state index >= 15 is 0 Å². The summed E-state index contributed by atoms with van der Waals surface area (Å²) in [4.78, 5) is 0. The molecule has 27 heavy (non-hydrogen) atoms. The van der Waals surface area contributed by atoms with Crippen molar-refractivity contribution in [3.63, 3.8) is 0 Å². The molecule has 1 aliphatic rings. The molecular weight excluding hydrogens is 368 g/mol. The fourth-order valence-electron chi connectivity index (χ4n) is 3.40. The maximum Gasteiger partial charge on any atom is 0.387 e. The van der Waals surface area contributed by atoms with Gasteiger partial charge in [-0.3, -0.25) is 5.43 Å². The molecule has 0 unspecified atom stereocenters. The highest BCUT2D eigenvalue weighted by molar-refractivity contribution is 7.80. The third-order valence-corrected chi connectivity index (χ3v) is 4.95. The van der Waals surface area contributed by atoms with Crippen LogP contribution in [0.4, 0.5) is 8.78 Å². The lowest BCUT2D eigenvalue weighted by Crippen LogP contribution is -2.41. The number of thiocarbonyl (C=S) groups is 1. The van der Waals surface area contributed by atoms with Crippen LogP contribution in [0, 0.1) is 0 Å². The van der Waals surface area contributed by atoms with Gasteiger partial charge in [-0.15, -0.1) is 0 Å². The standard InChI is InChI=1S/C20H23F2N3OS/c1-13(24-25-20(27)23-15-8-3-2-4-9-15)16-12-11-14-7-5-6-10-17(14)18(16)26-19(21)22/h5-7,10-12,15,19H,2-4,8-9H2,1H3,(H2,23,25,27). The molecule has 4 nitrogen and oxygen atoms in total. The molecule has 0 spiro atoms. The Morgan fingerprint density at radius 3 is 2.63 bits per heavy atom. The van der Waals surface area contributed by atoms with Crippen molar-refractivity contribution < 1.29 is 13.5 Å². The number of hydrogen-bond donors (Lipinski definition) is 2. The molecule has 0 amide bonds. The Balaban J connectivity index is 1.78. The molecular formula is C20H23F2N3OS. The van der Waals surface area contributed by atoms with E-state index < -0.39 is 6.61 Å². The van der Waals surface area contributed by atoms with Gasteiger partial charge in [0, 0.05) is 17.0 Å². The fraction of sp³-hybridized carbons (Fsp3) is 0.400. The highest BCUT2D eigenvalue weighted by Gasteiger charge is 2.16. The number of nitrogens with one attached hydrogen (secondary N) is 2. The molecule has 1 saturated carbocycles. The zero-order valence-corrected chi connectivity index (χ0v) is 16.0. The van der Waals surface area contributed by atoms with Gasteiger partial charge >= 0.3 is 6.61 Å². The molecule has 7 heteroatoms. The number of halogens is 2. The number of ether oxygens (including phenoxy) is 1. The van der Waals surface area contributed by atoms with Gasteiger partial charge in [0.25, 0.3) is 0 Å². The summed E-state index contributed by atoms with van der Waals surface area (Å²) in [6, 6.07) is 11.2. The van der Waals surface area contributed by atoms with Crippen molar-refractivity contribution in [1.29, 1.82) is 0 Å². The highest BCUT2D eigenvalue weighted by atomic mass is 32.1. The fourth-order valence-corrected chi connectivity index (χ4v) is 3.62. The number of rotatable bonds is 5. The lowest BCUT2D eigenvalue weighted by molar-refractivity contribution is -0.0489. The van der Waals surface area contributed by atoms with Crippen LogP contribution in [0.15, 0.2) is 41.5 Å². The lowest BCUT2D eigenvalue weighted by atomic mass is 9.96. The second-order valence-electron chi connectivity index (χ2n) is 6.66. The van der Waals surface area contributed by atoms with E-state index in [2.05, 4.69) is 15.8 Å². The van der Waals surface area contributed by atoms with E-state index in [9.17, 15) is 8.78 Å². The van der Waals surface area contributed by atoms with Gasteiger partial charge in [-0.1, -0.05) is 49.6 Å². The Hall–Kier alpha value is -2.28. The predicted molar refractivity (Wildman–Crippen MR) is 109 cm³/mol. The molecule has 0 atom stereocenters. The van der Waals surface area contributed by atoms with Gasteiger partial charge in [0.2, 0.25) is 0 Å². The molecule has 2 N–H and O–H groups in total. The molecule has 0 heterocycles. The van der Waals surface area contributed by atoms with Crippen LogP contribution in [0.5, 0.6) is 5.75 Å². The first-order valence-electron chi connectivity index (χ1n) is 9.12. The Morgan fingerprint density at radius 2 is 1.89 bits per heavy atom. The summed E-state index contributed by atoms with van der Waals surface area (Å²) in [5, 5.41) is 9.42. The summed E-state index contributed by atoms with van der Waals surface area (Å²) < 4.78 is 30.7. The van der Waals surface area contributed by atoms with Gasteiger partial charge < -0.3 is 10.1 Å². The van der Waals surface area contributed by atoms with E-state index in [1.54, 1.807) is 25.1 Å². The summed E-state index contributed by atoms with van der Waals surface area (Å²) in [6.45, 7) is -1.18. The number of benzene rings is 2. The van der Waals surface area contributed by atoms with Crippen molar-refractivity contribution in [3.8, 4) is 5.75 Å². The Labute approximate surface area is 163 Å². The predicted octanol–water partition coefficient (Wildman–Crippen LogP) is 4.96. The van der Waals surface area contributed by atoms with Crippen molar-refractivity contribution in [1.82, 2.24) is 10.7 Å². The summed E-state index contributed by atoms with van der Waals surface area (Å²) in [5.74, 6) is 0.123. The van der Waals surface area contributed by atoms with Gasteiger partial charge in [0.1, 0.15) is 5.75 Å². The van der Waals surface area contributed by atoms with Crippen LogP contribution in [-0.4, -0.2) is 23.5 Å². The highest BCUT2D eigenvalue weighted by Crippen LogP contribution is 2.31. The average Bonchev–Trinajstić information content (AvgIpc) is 2.67. The second-order valence-corrected chi connectivity index (χ2v) is 7.07. The molecule has 0 bridgehead atoms. The molecule has 1 aliphatic carbocycles. The topological polar surface area (TPSA) is 45.7 Å². The van der Waals surface area contributed by atoms with Crippen LogP contribution in [0.2, 0.25) is 0 Å². The number of hydrogen-bond acceptors (Lipinski definition) is 3. The minimum atomic E-state index is -2.91. The number of fused-ring (bicyclic) bond motifs is 1. The molecule has 2 aromatic rings. The molecule has 3 rings (SSSR count). The number of hydrazone groups is 1. The van der Waals surface area contributed by atoms with Gasteiger partial charge in [-0.2, -0.15) is 13.9 Å². The van der Waals surface area contributed by atoms with Crippen molar-refractivity contribution in [2.24, 2.45) is 5.10 Å². The Kier molecular flexibility index (Phi) is 6.55. The van der Waals surface area contributed by atoms with Crippen LogP contribution in [-0.2, 0) is 0 Å². The van der Waals surface area contributed by atoms with Crippen LogP contribution < -0.4 is 15.5 Å². The van der Waals surface area contributed by atoms with Gasteiger partial charge in [0.05, 0.1) is 5.71 Å². The van der Waals surface area contributed by atoms with E-state index in [-0.39, 0.29) is 5.75 Å². The molecule has 1 fully saturated rings. The summed E-state index contributed by atoms with van der Waals surface area (Å²) in [5.41, 5.74) is 3.84. The van der Waals surface area contributed by atoms with Crippen molar-refractivity contribution >= 4 is 33.8 Å². The quantitative estimate of drug-likeness (QED) is 0.430. The largest absolute Gasteiger partial charge is 0.433 e. The molecule has 0 aromatic heterocycles. The zero-order valence-electron chi connectivity index (χ0n) is 15.2. The average molecular weight is 391 g/mol. The Morgan fingerprint density at radius 1 is 1.15 bits per heavy atom. The smallest absolute Gasteiger partial charge is 0.387 e. The minimum absolute atomic E-state index is 0.123. The molecule has 144 valence electrons. The third kappa shape index (κ3) is 5.13. The summed E-state index contributed by atoms with van der Waals surface area (Å²) in [7, 11) is 0. The van der Waals surface area contributed by atoms with Crippen LogP contribution in [0.25, 0.3) is 10.8 Å². The zero-order chi connectivity index (χ0) is 19.2. The summed E-state index contributed by atoms with van der Waals surface area (Å²) in [6.07, 6.45) is 5.87.